The molecule has 0 aromatic heterocycles. The summed E-state index contributed by atoms with van der Waals surface area (Å²) in [6.07, 6.45) is 47.4. The number of carbonyl (C=O) groups excluding carboxylic acids is 4. The minimum absolute atomic E-state index is 0.102. The molecule has 0 saturated carbocycles. The van der Waals surface area contributed by atoms with E-state index in [1.54, 1.807) is 0 Å². The number of phosphoric acid groups is 2. The molecule has 0 amide bonds. The van der Waals surface area contributed by atoms with E-state index in [-0.39, 0.29) is 25.7 Å². The zero-order chi connectivity index (χ0) is 68.9. The highest BCUT2D eigenvalue weighted by Crippen LogP contribution is 2.45. The lowest BCUT2D eigenvalue weighted by atomic mass is 10.00. The number of aliphatic hydroxyl groups is 1. The molecule has 17 nitrogen and oxygen atoms in total. The van der Waals surface area contributed by atoms with Crippen LogP contribution in [0.25, 0.3) is 0 Å². The van der Waals surface area contributed by atoms with Crippen LogP contribution >= 0.6 is 15.6 Å². The molecule has 6 atom stereocenters. The maximum absolute atomic E-state index is 13.1. The van der Waals surface area contributed by atoms with Crippen molar-refractivity contribution >= 4 is 39.5 Å². The van der Waals surface area contributed by atoms with E-state index < -0.39 is 97.5 Å². The van der Waals surface area contributed by atoms with Gasteiger partial charge in [-0.05, 0) is 49.4 Å². The van der Waals surface area contributed by atoms with Gasteiger partial charge >= 0.3 is 39.5 Å². The van der Waals surface area contributed by atoms with Gasteiger partial charge in [-0.25, -0.2) is 9.13 Å². The van der Waals surface area contributed by atoms with Crippen molar-refractivity contribution in [2.75, 3.05) is 39.6 Å². The Morgan fingerprint density at radius 2 is 0.516 bits per heavy atom. The molecule has 0 saturated heterocycles. The second kappa shape index (κ2) is 63.5. The summed E-state index contributed by atoms with van der Waals surface area (Å²) in [5.74, 6) is 0.880. The molecule has 0 heterocycles. The fourth-order valence-corrected chi connectivity index (χ4v) is 12.7. The van der Waals surface area contributed by atoms with Gasteiger partial charge in [0.1, 0.15) is 19.3 Å². The van der Waals surface area contributed by atoms with Gasteiger partial charge in [-0.1, -0.05) is 319 Å². The number of carbonyl (C=O) groups is 4. The van der Waals surface area contributed by atoms with Crippen molar-refractivity contribution in [2.24, 2.45) is 23.7 Å². The first-order chi connectivity index (χ1) is 44.6. The van der Waals surface area contributed by atoms with E-state index in [2.05, 4.69) is 55.4 Å². The Bertz CT molecular complexity index is 1840. The zero-order valence-corrected chi connectivity index (χ0v) is 62.7. The van der Waals surface area contributed by atoms with Crippen molar-refractivity contribution in [3.05, 3.63) is 0 Å². The SMILES string of the molecule is CCC(C)CCCCCCCCC(=O)OC[C@H](COP(=O)(O)OC[C@H](O)COP(=O)(O)OC[C@@H](COC(=O)CCCCCCCCCCCCCC(C)C)OC(=O)CCCCCCCCCCCCCCCCCCC(C)C)OC(=O)CCCCCCCCCC(C)C. The minimum Gasteiger partial charge on any atom is -0.462 e. The molecule has 0 aromatic carbocycles. The number of hydrogen-bond donors (Lipinski definition) is 3. The Kier molecular flexibility index (Phi) is 62.2. The van der Waals surface area contributed by atoms with Gasteiger partial charge in [0.15, 0.2) is 12.2 Å². The zero-order valence-electron chi connectivity index (χ0n) is 60.9. The van der Waals surface area contributed by atoms with E-state index in [1.807, 2.05) is 0 Å². The molecule has 0 aliphatic heterocycles. The van der Waals surface area contributed by atoms with Crippen LogP contribution in [0.15, 0.2) is 0 Å². The molecular weight excluding hydrogens is 1220 g/mol. The number of aliphatic hydroxyl groups excluding tert-OH is 1. The summed E-state index contributed by atoms with van der Waals surface area (Å²) in [5, 5.41) is 10.6. The summed E-state index contributed by atoms with van der Waals surface area (Å²) >= 11 is 0. The summed E-state index contributed by atoms with van der Waals surface area (Å²) in [6.45, 7) is 14.1. The molecule has 0 aliphatic carbocycles. The van der Waals surface area contributed by atoms with Crippen LogP contribution in [-0.2, 0) is 65.4 Å². The third-order valence-corrected chi connectivity index (χ3v) is 19.3. The number of rotatable bonds is 71. The van der Waals surface area contributed by atoms with Gasteiger partial charge < -0.3 is 33.8 Å². The molecule has 0 bridgehead atoms. The highest BCUT2D eigenvalue weighted by atomic mass is 31.2. The number of unbranched alkanes of at least 4 members (excludes halogenated alkanes) is 36. The molecule has 0 radical (unpaired) electrons. The van der Waals surface area contributed by atoms with Crippen molar-refractivity contribution in [2.45, 2.75) is 388 Å². The van der Waals surface area contributed by atoms with E-state index >= 15 is 0 Å². The van der Waals surface area contributed by atoms with Gasteiger partial charge in [0, 0.05) is 25.7 Å². The normalized spacial score (nSPS) is 14.5. The average molecular weight is 1370 g/mol. The number of hydrogen-bond acceptors (Lipinski definition) is 15. The van der Waals surface area contributed by atoms with Crippen molar-refractivity contribution in [1.29, 1.82) is 0 Å². The van der Waals surface area contributed by atoms with Crippen LogP contribution in [0.5, 0.6) is 0 Å². The van der Waals surface area contributed by atoms with Crippen LogP contribution in [0.3, 0.4) is 0 Å². The molecule has 0 aliphatic rings. The molecule has 0 rings (SSSR count). The van der Waals surface area contributed by atoms with Crippen molar-refractivity contribution < 1.29 is 80.2 Å². The third kappa shape index (κ3) is 67.0. The van der Waals surface area contributed by atoms with E-state index in [1.165, 1.54) is 167 Å². The summed E-state index contributed by atoms with van der Waals surface area (Å²) in [7, 11) is -9.91. The predicted octanol–water partition coefficient (Wildman–Crippen LogP) is 21.3. The van der Waals surface area contributed by atoms with Crippen LogP contribution in [0.2, 0.25) is 0 Å². The smallest absolute Gasteiger partial charge is 0.462 e. The first-order valence-electron chi connectivity index (χ1n) is 38.2. The number of phosphoric ester groups is 2. The molecule has 3 unspecified atom stereocenters. The molecule has 19 heteroatoms. The fourth-order valence-electron chi connectivity index (χ4n) is 11.2. The molecule has 3 N–H and O–H groups in total. The van der Waals surface area contributed by atoms with Crippen LogP contribution < -0.4 is 0 Å². The van der Waals surface area contributed by atoms with E-state index in [0.717, 1.165) is 114 Å². The van der Waals surface area contributed by atoms with Gasteiger partial charge in [-0.15, -0.1) is 0 Å². The van der Waals surface area contributed by atoms with Crippen LogP contribution in [0, 0.1) is 23.7 Å². The topological polar surface area (TPSA) is 237 Å². The largest absolute Gasteiger partial charge is 0.472 e. The molecule has 0 spiro atoms. The van der Waals surface area contributed by atoms with Crippen molar-refractivity contribution in [1.82, 2.24) is 0 Å². The summed E-state index contributed by atoms with van der Waals surface area (Å²) in [6, 6.07) is 0. The highest BCUT2D eigenvalue weighted by Gasteiger charge is 2.30. The summed E-state index contributed by atoms with van der Waals surface area (Å²) in [4.78, 5) is 72.7. The Labute approximate surface area is 568 Å². The van der Waals surface area contributed by atoms with Gasteiger partial charge in [0.2, 0.25) is 0 Å². The second-order valence-corrected chi connectivity index (χ2v) is 31.3. The second-order valence-electron chi connectivity index (χ2n) is 28.4. The Morgan fingerprint density at radius 1 is 0.301 bits per heavy atom. The van der Waals surface area contributed by atoms with E-state index in [9.17, 15) is 43.2 Å². The van der Waals surface area contributed by atoms with Crippen molar-refractivity contribution in [3.63, 3.8) is 0 Å². The minimum atomic E-state index is -4.96. The monoisotopic (exact) mass is 1370 g/mol. The van der Waals surface area contributed by atoms with Gasteiger partial charge in [0.25, 0.3) is 0 Å². The molecule has 0 aromatic rings. The third-order valence-electron chi connectivity index (χ3n) is 17.4. The van der Waals surface area contributed by atoms with Gasteiger partial charge in [-0.3, -0.25) is 37.3 Å². The van der Waals surface area contributed by atoms with Gasteiger partial charge in [-0.2, -0.15) is 0 Å². The van der Waals surface area contributed by atoms with Crippen LogP contribution in [0.4, 0.5) is 0 Å². The standard InChI is InChI=1S/C74H144O17P2/c1-9-67(8)53-45-37-32-33-39-47-55-72(77)85-61-70(91-74(79)57-49-41-31-25-28-36-44-52-66(6)7)63-89-93(82,83)87-59-68(75)58-86-92(80,81)88-62-69(60-84-71(76)54-46-38-29-23-20-16-18-22-27-35-43-51-65(4)5)90-73(78)56-48-40-30-24-19-15-13-11-10-12-14-17-21-26-34-42-50-64(2)3/h64-70,75H,9-63H2,1-8H3,(H,80,81)(H,82,83)/t67?,68-,69-,70-/m1/s1. The lowest BCUT2D eigenvalue weighted by molar-refractivity contribution is -0.161. The lowest BCUT2D eigenvalue weighted by Crippen LogP contribution is -2.30. The molecule has 93 heavy (non-hydrogen) atoms. The van der Waals surface area contributed by atoms with Crippen LogP contribution in [0.1, 0.15) is 370 Å². The maximum atomic E-state index is 13.1. The molecule has 0 fully saturated rings. The summed E-state index contributed by atoms with van der Waals surface area (Å²) in [5.41, 5.74) is 0. The fraction of sp³-hybridized carbons (Fsp3) is 0.946. The Morgan fingerprint density at radius 3 is 0.763 bits per heavy atom. The molecule has 552 valence electrons. The Balaban J connectivity index is 5.23. The van der Waals surface area contributed by atoms with Gasteiger partial charge in [0.05, 0.1) is 26.4 Å². The molecular formula is C74H144O17P2. The number of esters is 4. The van der Waals surface area contributed by atoms with Crippen molar-refractivity contribution in [3.8, 4) is 0 Å². The first-order valence-corrected chi connectivity index (χ1v) is 41.2. The van der Waals surface area contributed by atoms with E-state index in [4.69, 9.17) is 37.0 Å². The highest BCUT2D eigenvalue weighted by molar-refractivity contribution is 7.47. The first kappa shape index (κ1) is 91.1. The quantitative estimate of drug-likeness (QED) is 0.0222. The average Bonchev–Trinajstić information content (AvgIpc) is 2.24. The number of ether oxygens (including phenoxy) is 4. The lowest BCUT2D eigenvalue weighted by Gasteiger charge is -2.21. The van der Waals surface area contributed by atoms with E-state index in [0.29, 0.717) is 31.6 Å². The van der Waals surface area contributed by atoms with Crippen LogP contribution in [-0.4, -0.2) is 96.7 Å². The Hall–Kier alpha value is -1.94. The summed E-state index contributed by atoms with van der Waals surface area (Å²) < 4.78 is 68.4. The maximum Gasteiger partial charge on any atom is 0.472 e. The predicted molar refractivity (Wildman–Crippen MR) is 377 cm³/mol.